The highest BCUT2D eigenvalue weighted by Crippen LogP contribution is 2.36. The quantitative estimate of drug-likeness (QED) is 0.637. The minimum Gasteiger partial charge on any atom is -0.508 e. The Labute approximate surface area is 135 Å². The van der Waals surface area contributed by atoms with Gasteiger partial charge in [-0.25, -0.2) is 0 Å². The predicted octanol–water partition coefficient (Wildman–Crippen LogP) is 1.86. The van der Waals surface area contributed by atoms with Crippen LogP contribution >= 0.6 is 0 Å². The van der Waals surface area contributed by atoms with Gasteiger partial charge in [0, 0.05) is 28.4 Å². The smallest absolute Gasteiger partial charge is 0.305 e. The van der Waals surface area contributed by atoms with Gasteiger partial charge in [0.05, 0.1) is 17.5 Å². The lowest BCUT2D eigenvalue weighted by molar-refractivity contribution is -0.137. The average Bonchev–Trinajstić information content (AvgIpc) is 2.99. The Balaban J connectivity index is 2.12. The summed E-state index contributed by atoms with van der Waals surface area (Å²) in [7, 11) is 0. The van der Waals surface area contributed by atoms with Gasteiger partial charge in [-0.05, 0) is 30.3 Å². The molecule has 0 aliphatic carbocycles. The van der Waals surface area contributed by atoms with Crippen molar-refractivity contribution in [3.8, 4) is 5.75 Å². The Morgan fingerprint density at radius 3 is 2.58 bits per heavy atom. The van der Waals surface area contributed by atoms with Crippen molar-refractivity contribution in [3.05, 3.63) is 41.5 Å². The molecule has 0 saturated heterocycles. The number of aromatic hydroxyl groups is 1. The molecule has 24 heavy (non-hydrogen) atoms. The molecule has 2 amide bonds. The number of rotatable bonds is 3. The van der Waals surface area contributed by atoms with Gasteiger partial charge in [0.2, 0.25) is 0 Å². The molecule has 4 rings (SSSR count). The number of aryl methyl sites for hydroxylation is 1. The molecule has 0 unspecified atom stereocenters. The summed E-state index contributed by atoms with van der Waals surface area (Å²) in [6, 6.07) is 7.96. The van der Waals surface area contributed by atoms with Gasteiger partial charge in [0.15, 0.2) is 0 Å². The molecule has 0 spiro atoms. The number of hydrogen-bond donors (Lipinski definition) is 3. The van der Waals surface area contributed by atoms with Crippen molar-refractivity contribution in [2.45, 2.75) is 13.0 Å². The van der Waals surface area contributed by atoms with Gasteiger partial charge < -0.3 is 14.8 Å². The fourth-order valence-electron chi connectivity index (χ4n) is 3.29. The summed E-state index contributed by atoms with van der Waals surface area (Å²) >= 11 is 0. The Kier molecular flexibility index (Phi) is 2.86. The van der Waals surface area contributed by atoms with Gasteiger partial charge in [-0.2, -0.15) is 0 Å². The first kappa shape index (κ1) is 14.3. The molecular formula is C17H12N2O5. The molecule has 0 radical (unpaired) electrons. The number of benzene rings is 2. The van der Waals surface area contributed by atoms with Crippen LogP contribution in [0.2, 0.25) is 0 Å². The lowest BCUT2D eigenvalue weighted by Gasteiger charge is -2.05. The topological polar surface area (TPSA) is 109 Å². The van der Waals surface area contributed by atoms with Crippen molar-refractivity contribution in [2.24, 2.45) is 0 Å². The first-order chi connectivity index (χ1) is 11.5. The number of carboxylic acid groups (broad SMARTS) is 1. The molecule has 0 saturated carbocycles. The molecule has 2 heterocycles. The molecule has 3 aromatic rings. The second-order valence-corrected chi connectivity index (χ2v) is 5.66. The Hall–Kier alpha value is -3.35. The molecular weight excluding hydrogens is 312 g/mol. The van der Waals surface area contributed by atoms with Crippen LogP contribution in [0.25, 0.3) is 21.8 Å². The number of imide groups is 1. The highest BCUT2D eigenvalue weighted by atomic mass is 16.4. The number of phenolic OH excluding ortho intramolecular Hbond substituents is 1. The van der Waals surface area contributed by atoms with Crippen molar-refractivity contribution in [3.63, 3.8) is 0 Å². The largest absolute Gasteiger partial charge is 0.508 e. The number of fused-ring (bicyclic) bond motifs is 5. The fourth-order valence-corrected chi connectivity index (χ4v) is 3.29. The lowest BCUT2D eigenvalue weighted by atomic mass is 10.0. The lowest BCUT2D eigenvalue weighted by Crippen LogP contribution is -2.19. The molecule has 1 aromatic heterocycles. The molecule has 1 aliphatic heterocycles. The van der Waals surface area contributed by atoms with Crippen LogP contribution in [0.3, 0.4) is 0 Å². The Morgan fingerprint density at radius 2 is 1.83 bits per heavy atom. The van der Waals surface area contributed by atoms with Gasteiger partial charge in [0.1, 0.15) is 5.75 Å². The molecule has 0 fully saturated rings. The van der Waals surface area contributed by atoms with E-state index in [1.807, 2.05) is 0 Å². The molecule has 7 nitrogen and oxygen atoms in total. The monoisotopic (exact) mass is 324 g/mol. The van der Waals surface area contributed by atoms with Gasteiger partial charge >= 0.3 is 5.97 Å². The number of carbonyl (C=O) groups is 3. The van der Waals surface area contributed by atoms with Crippen molar-refractivity contribution in [1.29, 1.82) is 0 Å². The zero-order valence-corrected chi connectivity index (χ0v) is 12.4. The first-order valence-electron chi connectivity index (χ1n) is 7.33. The van der Waals surface area contributed by atoms with E-state index in [-0.39, 0.29) is 29.8 Å². The average molecular weight is 324 g/mol. The van der Waals surface area contributed by atoms with Gasteiger partial charge in [-0.1, -0.05) is 0 Å². The van der Waals surface area contributed by atoms with Crippen LogP contribution in [0.15, 0.2) is 30.3 Å². The molecule has 1 aliphatic rings. The van der Waals surface area contributed by atoms with Crippen LogP contribution in [-0.4, -0.2) is 32.6 Å². The normalized spacial score (nSPS) is 13.5. The van der Waals surface area contributed by atoms with E-state index in [2.05, 4.69) is 5.32 Å². The summed E-state index contributed by atoms with van der Waals surface area (Å²) in [5, 5.41) is 22.2. The third kappa shape index (κ3) is 1.88. The maximum absolute atomic E-state index is 12.2. The minimum absolute atomic E-state index is 0.0297. The van der Waals surface area contributed by atoms with Gasteiger partial charge in [0.25, 0.3) is 11.8 Å². The van der Waals surface area contributed by atoms with Crippen LogP contribution in [-0.2, 0) is 11.3 Å². The van der Waals surface area contributed by atoms with E-state index >= 15 is 0 Å². The number of hydrogen-bond acceptors (Lipinski definition) is 4. The molecule has 2 aromatic carbocycles. The SMILES string of the molecule is O=C(O)CCn1c2ccc(O)cc2c2c3c(ccc21)C(=O)NC3=O. The van der Waals surface area contributed by atoms with Gasteiger partial charge in [-0.3, -0.25) is 19.7 Å². The molecule has 3 N–H and O–H groups in total. The number of nitrogens with zero attached hydrogens (tertiary/aromatic N) is 1. The van der Waals surface area contributed by atoms with Crippen molar-refractivity contribution >= 4 is 39.6 Å². The van der Waals surface area contributed by atoms with Crippen LogP contribution in [0.1, 0.15) is 27.1 Å². The standard InChI is InChI=1S/C17H12N2O5/c20-8-1-3-11-10(7-8)14-12(19(11)6-5-13(21)22)4-2-9-15(14)17(24)18-16(9)23/h1-4,7,20H,5-6H2,(H,21,22)(H,18,23,24). The van der Waals surface area contributed by atoms with Crippen molar-refractivity contribution in [1.82, 2.24) is 9.88 Å². The maximum atomic E-state index is 12.2. The molecule has 120 valence electrons. The second kappa shape index (κ2) is 4.82. The van der Waals surface area contributed by atoms with E-state index in [1.54, 1.807) is 22.8 Å². The summed E-state index contributed by atoms with van der Waals surface area (Å²) in [5.41, 5.74) is 1.90. The Bertz CT molecular complexity index is 1060. The zero-order valence-electron chi connectivity index (χ0n) is 12.4. The number of phenols is 1. The van der Waals surface area contributed by atoms with Crippen LogP contribution in [0.5, 0.6) is 5.75 Å². The Morgan fingerprint density at radius 1 is 1.08 bits per heavy atom. The van der Waals surface area contributed by atoms with E-state index in [4.69, 9.17) is 5.11 Å². The predicted molar refractivity (Wildman–Crippen MR) is 85.2 cm³/mol. The first-order valence-corrected chi connectivity index (χ1v) is 7.33. The maximum Gasteiger partial charge on any atom is 0.305 e. The van der Waals surface area contributed by atoms with Crippen LogP contribution < -0.4 is 5.32 Å². The van der Waals surface area contributed by atoms with E-state index in [9.17, 15) is 19.5 Å². The van der Waals surface area contributed by atoms with Crippen LogP contribution in [0.4, 0.5) is 0 Å². The number of aromatic nitrogens is 1. The van der Waals surface area contributed by atoms with E-state index in [1.165, 1.54) is 12.1 Å². The molecule has 7 heteroatoms. The number of aliphatic carboxylic acids is 1. The number of carbonyl (C=O) groups excluding carboxylic acids is 2. The number of amides is 2. The van der Waals surface area contributed by atoms with Crippen molar-refractivity contribution < 1.29 is 24.6 Å². The summed E-state index contributed by atoms with van der Waals surface area (Å²) in [4.78, 5) is 35.0. The molecule has 0 bridgehead atoms. The summed E-state index contributed by atoms with van der Waals surface area (Å²) in [6.45, 7) is 0.217. The fraction of sp³-hybridized carbons (Fsp3) is 0.118. The van der Waals surface area contributed by atoms with Crippen LogP contribution in [0, 0.1) is 0 Å². The summed E-state index contributed by atoms with van der Waals surface area (Å²) in [5.74, 6) is -1.84. The minimum atomic E-state index is -0.933. The number of carboxylic acids is 1. The van der Waals surface area contributed by atoms with E-state index in [0.29, 0.717) is 21.8 Å². The van der Waals surface area contributed by atoms with Gasteiger partial charge in [-0.15, -0.1) is 0 Å². The summed E-state index contributed by atoms with van der Waals surface area (Å²) < 4.78 is 1.79. The number of nitrogens with one attached hydrogen (secondary N) is 1. The second-order valence-electron chi connectivity index (χ2n) is 5.66. The summed E-state index contributed by atoms with van der Waals surface area (Å²) in [6.07, 6.45) is -0.0814. The van der Waals surface area contributed by atoms with Crippen molar-refractivity contribution in [2.75, 3.05) is 0 Å². The van der Waals surface area contributed by atoms with E-state index in [0.717, 1.165) is 0 Å². The highest BCUT2D eigenvalue weighted by Gasteiger charge is 2.31. The highest BCUT2D eigenvalue weighted by molar-refractivity contribution is 6.30. The third-order valence-corrected chi connectivity index (χ3v) is 4.26. The zero-order chi connectivity index (χ0) is 17.0. The van der Waals surface area contributed by atoms with E-state index < -0.39 is 17.8 Å². The molecule has 0 atom stereocenters. The third-order valence-electron chi connectivity index (χ3n) is 4.26.